The van der Waals surface area contributed by atoms with Gasteiger partial charge in [-0.15, -0.1) is 11.3 Å². The van der Waals surface area contributed by atoms with Crippen molar-refractivity contribution in [3.05, 3.63) is 35.7 Å². The molecule has 27 heavy (non-hydrogen) atoms. The molecular weight excluding hydrogens is 362 g/mol. The van der Waals surface area contributed by atoms with E-state index < -0.39 is 0 Å². The zero-order valence-electron chi connectivity index (χ0n) is 15.1. The van der Waals surface area contributed by atoms with Crippen LogP contribution in [0, 0.1) is 0 Å². The highest BCUT2D eigenvalue weighted by molar-refractivity contribution is 7.17. The monoisotopic (exact) mass is 383 g/mol. The normalized spacial score (nSPS) is 14.3. The second kappa shape index (κ2) is 7.89. The highest BCUT2D eigenvalue weighted by Gasteiger charge is 2.18. The molecule has 0 bridgehead atoms. The summed E-state index contributed by atoms with van der Waals surface area (Å²) in [5.74, 6) is 1.66. The van der Waals surface area contributed by atoms with E-state index in [0.29, 0.717) is 25.6 Å². The summed E-state index contributed by atoms with van der Waals surface area (Å²) in [5.41, 5.74) is 2.60. The molecular formula is C19H21N5O2S. The number of thiophene rings is 1. The molecule has 140 valence electrons. The standard InChI is InChI=1S/C19H21N5O2S/c1-2-20-19(25)21-14-5-3-13(4-6-14)17-22-15-7-12-27-16(15)18(23-17)24-8-10-26-11-9-24/h3-7,12H,2,8-11H2,1H3,(H2,20,21,25). The first-order valence-corrected chi connectivity index (χ1v) is 9.86. The van der Waals surface area contributed by atoms with Crippen LogP contribution in [-0.2, 0) is 4.74 Å². The number of morpholine rings is 1. The van der Waals surface area contributed by atoms with Gasteiger partial charge in [-0.05, 0) is 42.6 Å². The fourth-order valence-corrected chi connectivity index (χ4v) is 3.85. The van der Waals surface area contributed by atoms with E-state index in [2.05, 4.69) is 15.5 Å². The number of fused-ring (bicyclic) bond motifs is 1. The number of anilines is 2. The summed E-state index contributed by atoms with van der Waals surface area (Å²) in [5, 5.41) is 7.56. The van der Waals surface area contributed by atoms with Gasteiger partial charge in [0.1, 0.15) is 0 Å². The number of ether oxygens (including phenoxy) is 1. The Morgan fingerprint density at radius 1 is 1.19 bits per heavy atom. The Hall–Kier alpha value is -2.71. The Bertz CT molecular complexity index is 935. The molecule has 3 heterocycles. The van der Waals surface area contributed by atoms with Crippen LogP contribution in [0.25, 0.3) is 21.6 Å². The minimum atomic E-state index is -0.212. The van der Waals surface area contributed by atoms with Crippen molar-refractivity contribution in [2.75, 3.05) is 43.1 Å². The van der Waals surface area contributed by atoms with Gasteiger partial charge in [-0.1, -0.05) is 0 Å². The Morgan fingerprint density at radius 3 is 2.70 bits per heavy atom. The Kier molecular flexibility index (Phi) is 5.17. The van der Waals surface area contributed by atoms with Gasteiger partial charge >= 0.3 is 6.03 Å². The Morgan fingerprint density at radius 2 is 1.96 bits per heavy atom. The maximum absolute atomic E-state index is 11.6. The molecule has 8 heteroatoms. The molecule has 0 atom stereocenters. The zero-order chi connectivity index (χ0) is 18.6. The molecule has 2 amide bonds. The lowest BCUT2D eigenvalue weighted by Crippen LogP contribution is -2.36. The smallest absolute Gasteiger partial charge is 0.319 e. The number of nitrogens with one attached hydrogen (secondary N) is 2. The Labute approximate surface area is 161 Å². The molecule has 1 aliphatic rings. The minimum Gasteiger partial charge on any atom is -0.378 e. The molecule has 3 aromatic rings. The number of carbonyl (C=O) groups is 1. The summed E-state index contributed by atoms with van der Waals surface area (Å²) in [6.45, 7) is 5.56. The summed E-state index contributed by atoms with van der Waals surface area (Å²) >= 11 is 1.66. The van der Waals surface area contributed by atoms with Crippen molar-refractivity contribution in [3.63, 3.8) is 0 Å². The molecule has 7 nitrogen and oxygen atoms in total. The van der Waals surface area contributed by atoms with Crippen molar-refractivity contribution in [1.29, 1.82) is 0 Å². The molecule has 2 aromatic heterocycles. The molecule has 0 saturated carbocycles. The van der Waals surface area contributed by atoms with Gasteiger partial charge in [0, 0.05) is 30.9 Å². The zero-order valence-corrected chi connectivity index (χ0v) is 15.9. The number of urea groups is 1. The first kappa shape index (κ1) is 17.7. The predicted molar refractivity (Wildman–Crippen MR) is 109 cm³/mol. The van der Waals surface area contributed by atoms with Crippen LogP contribution in [0.5, 0.6) is 0 Å². The van der Waals surface area contributed by atoms with Crippen LogP contribution in [0.1, 0.15) is 6.92 Å². The van der Waals surface area contributed by atoms with Crippen molar-refractivity contribution in [2.45, 2.75) is 6.92 Å². The van der Waals surface area contributed by atoms with E-state index in [9.17, 15) is 4.79 Å². The topological polar surface area (TPSA) is 79.4 Å². The highest BCUT2D eigenvalue weighted by Crippen LogP contribution is 2.32. The van der Waals surface area contributed by atoms with Gasteiger partial charge in [0.2, 0.25) is 0 Å². The number of benzene rings is 1. The molecule has 1 aliphatic heterocycles. The van der Waals surface area contributed by atoms with E-state index in [1.807, 2.05) is 42.6 Å². The molecule has 1 fully saturated rings. The van der Waals surface area contributed by atoms with E-state index in [0.717, 1.165) is 40.4 Å². The van der Waals surface area contributed by atoms with Gasteiger partial charge in [0.25, 0.3) is 0 Å². The summed E-state index contributed by atoms with van der Waals surface area (Å²) in [4.78, 5) is 23.5. The average molecular weight is 383 g/mol. The molecule has 0 radical (unpaired) electrons. The lowest BCUT2D eigenvalue weighted by atomic mass is 10.2. The van der Waals surface area contributed by atoms with Gasteiger partial charge in [-0.3, -0.25) is 0 Å². The molecule has 1 aromatic carbocycles. The highest BCUT2D eigenvalue weighted by atomic mass is 32.1. The van der Waals surface area contributed by atoms with Crippen LogP contribution < -0.4 is 15.5 Å². The number of aromatic nitrogens is 2. The van der Waals surface area contributed by atoms with Crippen LogP contribution in [0.15, 0.2) is 35.7 Å². The lowest BCUT2D eigenvalue weighted by molar-refractivity contribution is 0.122. The van der Waals surface area contributed by atoms with Crippen LogP contribution in [0.3, 0.4) is 0 Å². The number of nitrogens with zero attached hydrogens (tertiary/aromatic N) is 3. The maximum atomic E-state index is 11.6. The SMILES string of the molecule is CCNC(=O)Nc1ccc(-c2nc(N3CCOCC3)c3sccc3n2)cc1. The van der Waals surface area contributed by atoms with E-state index in [1.54, 1.807) is 11.3 Å². The van der Waals surface area contributed by atoms with Crippen molar-refractivity contribution in [1.82, 2.24) is 15.3 Å². The third-order valence-corrected chi connectivity index (χ3v) is 5.23. The molecule has 0 aliphatic carbocycles. The average Bonchev–Trinajstić information content (AvgIpc) is 3.17. The number of rotatable bonds is 4. The number of hydrogen-bond donors (Lipinski definition) is 2. The minimum absolute atomic E-state index is 0.212. The third kappa shape index (κ3) is 3.86. The second-order valence-corrected chi connectivity index (χ2v) is 7.08. The molecule has 0 spiro atoms. The summed E-state index contributed by atoms with van der Waals surface area (Å²) in [6.07, 6.45) is 0. The second-order valence-electron chi connectivity index (χ2n) is 6.17. The van der Waals surface area contributed by atoms with E-state index >= 15 is 0 Å². The van der Waals surface area contributed by atoms with Crippen molar-refractivity contribution in [3.8, 4) is 11.4 Å². The third-order valence-electron chi connectivity index (χ3n) is 4.33. The summed E-state index contributed by atoms with van der Waals surface area (Å²) in [6, 6.07) is 9.40. The van der Waals surface area contributed by atoms with Crippen molar-refractivity contribution < 1.29 is 9.53 Å². The molecule has 4 rings (SSSR count). The van der Waals surface area contributed by atoms with Gasteiger partial charge in [0.05, 0.1) is 23.4 Å². The molecule has 1 saturated heterocycles. The van der Waals surface area contributed by atoms with E-state index in [-0.39, 0.29) is 6.03 Å². The van der Waals surface area contributed by atoms with Gasteiger partial charge in [0.15, 0.2) is 11.6 Å². The number of carbonyl (C=O) groups excluding carboxylic acids is 1. The fraction of sp³-hybridized carbons (Fsp3) is 0.316. The van der Waals surface area contributed by atoms with Crippen LogP contribution in [-0.4, -0.2) is 48.8 Å². The largest absolute Gasteiger partial charge is 0.378 e. The lowest BCUT2D eigenvalue weighted by Gasteiger charge is -2.28. The van der Waals surface area contributed by atoms with Crippen molar-refractivity contribution in [2.24, 2.45) is 0 Å². The van der Waals surface area contributed by atoms with Gasteiger partial charge < -0.3 is 20.3 Å². The molecule has 0 unspecified atom stereocenters. The maximum Gasteiger partial charge on any atom is 0.319 e. The first-order valence-electron chi connectivity index (χ1n) is 8.98. The van der Waals surface area contributed by atoms with E-state index in [1.165, 1.54) is 0 Å². The number of amides is 2. The van der Waals surface area contributed by atoms with Crippen LogP contribution in [0.2, 0.25) is 0 Å². The van der Waals surface area contributed by atoms with Crippen molar-refractivity contribution >= 4 is 39.1 Å². The Balaban J connectivity index is 1.64. The first-order chi connectivity index (χ1) is 13.2. The van der Waals surface area contributed by atoms with E-state index in [4.69, 9.17) is 14.7 Å². The number of hydrogen-bond acceptors (Lipinski definition) is 6. The fourth-order valence-electron chi connectivity index (χ4n) is 3.01. The van der Waals surface area contributed by atoms with Crippen LogP contribution >= 0.6 is 11.3 Å². The van der Waals surface area contributed by atoms with Gasteiger partial charge in [-0.2, -0.15) is 0 Å². The predicted octanol–water partition coefficient (Wildman–Crippen LogP) is 3.34. The summed E-state index contributed by atoms with van der Waals surface area (Å²) in [7, 11) is 0. The van der Waals surface area contributed by atoms with Gasteiger partial charge in [-0.25, -0.2) is 14.8 Å². The molecule has 2 N–H and O–H groups in total. The summed E-state index contributed by atoms with van der Waals surface area (Å²) < 4.78 is 6.58. The quantitative estimate of drug-likeness (QED) is 0.722. The van der Waals surface area contributed by atoms with Crippen LogP contribution in [0.4, 0.5) is 16.3 Å².